The quantitative estimate of drug-likeness (QED) is 0.0934. The molecule has 8 heteroatoms. The van der Waals surface area contributed by atoms with Crippen LogP contribution in [0.1, 0.15) is 204 Å². The molecule has 5 aliphatic heterocycles. The molecule has 0 unspecified atom stereocenters. The van der Waals surface area contributed by atoms with Gasteiger partial charge in [-0.3, -0.25) is 0 Å². The average Bonchev–Trinajstić information content (AvgIpc) is 1.60. The fourth-order valence-electron chi connectivity index (χ4n) is 14.7. The highest BCUT2D eigenvalue weighted by Gasteiger charge is 2.39. The lowest BCUT2D eigenvalue weighted by molar-refractivity contribution is 0.602. The van der Waals surface area contributed by atoms with Crippen molar-refractivity contribution < 1.29 is 0 Å². The number of aromatic amines is 4. The van der Waals surface area contributed by atoms with Gasteiger partial charge in [-0.25, -0.2) is 20.0 Å². The van der Waals surface area contributed by atoms with Gasteiger partial charge in [-0.05, 0) is 220 Å². The first-order valence-electron chi connectivity index (χ1n) is 34.2. The van der Waals surface area contributed by atoms with Gasteiger partial charge in [-0.1, -0.05) is 177 Å². The summed E-state index contributed by atoms with van der Waals surface area (Å²) in [5.74, 6) is 1.48. The molecule has 4 aromatic heterocycles. The summed E-state index contributed by atoms with van der Waals surface area (Å²) in [6.45, 7) is 37.0. The number of rotatable bonds is 12. The molecular formula is C86H92N8. The smallest absolute Gasteiger partial charge is 0.0932 e. The van der Waals surface area contributed by atoms with Gasteiger partial charge in [0.1, 0.15) is 0 Å². The molecule has 8 nitrogen and oxygen atoms in total. The minimum absolute atomic E-state index is 0.370. The van der Waals surface area contributed by atoms with Crippen molar-refractivity contribution in [3.8, 4) is 0 Å². The summed E-state index contributed by atoms with van der Waals surface area (Å²) in [4.78, 5) is 40.0. The zero-order valence-corrected chi connectivity index (χ0v) is 58.1. The number of aromatic nitrogens is 4. The summed E-state index contributed by atoms with van der Waals surface area (Å²) in [5.41, 5.74) is 33.7. The minimum Gasteiger partial charge on any atom is -0.358 e. The van der Waals surface area contributed by atoms with E-state index in [1.807, 2.05) is 0 Å². The van der Waals surface area contributed by atoms with Gasteiger partial charge in [-0.15, -0.1) is 0 Å². The molecule has 16 bridgehead atoms. The Balaban J connectivity index is 1.10. The summed E-state index contributed by atoms with van der Waals surface area (Å²) in [6, 6.07) is 61.6. The molecule has 8 aromatic rings. The Bertz CT molecular complexity index is 4100. The van der Waals surface area contributed by atoms with Crippen LogP contribution >= 0.6 is 0 Å². The first-order chi connectivity index (χ1) is 45.1. The second-order valence-electron chi connectivity index (χ2n) is 29.4. The van der Waals surface area contributed by atoms with Crippen LogP contribution in [0.5, 0.6) is 0 Å². The standard InChI is InChI=1S/C86H92N8/c1-49(2)45-61-53(9)77-73(57-29-21-17-22-30-57)65-37-41-69(87-65)85(13,14)70-43-39-67(89-70)75(59-33-25-19-26-34-59)79-55(11)63(47-51(5)6)83(93-79)84-64(48-52(7)8)56(12)80(94-84)76(60-35-27-20-28-36-60)68-40-44-72(90-68)86(15,16)71-42-38-66(88-71)74(58-31-23-18-24-32-58)78-54(10)62(46-50(3)4)82(92-78)81(61)91-77/h17-44,49-52,87-90H,45-48H2,1-16H3/b77-73-,78-74+,79-75+,80-76-. The Labute approximate surface area is 557 Å². The van der Waals surface area contributed by atoms with E-state index in [0.717, 1.165) is 161 Å². The third-order valence-corrected chi connectivity index (χ3v) is 19.9. The minimum atomic E-state index is -0.487. The van der Waals surface area contributed by atoms with Crippen molar-refractivity contribution in [1.29, 1.82) is 0 Å². The van der Waals surface area contributed by atoms with Crippen LogP contribution in [0.25, 0.3) is 22.3 Å². The second kappa shape index (κ2) is 25.1. The number of fused-ring (bicyclic) bond motifs is 14. The molecule has 94 heavy (non-hydrogen) atoms. The lowest BCUT2D eigenvalue weighted by atomic mass is 9.86. The van der Waals surface area contributed by atoms with Crippen molar-refractivity contribution in [2.45, 2.75) is 147 Å². The van der Waals surface area contributed by atoms with E-state index in [1.165, 1.54) is 44.6 Å². The molecule has 0 atom stereocenters. The van der Waals surface area contributed by atoms with E-state index < -0.39 is 10.8 Å². The topological polar surface area (TPSA) is 113 Å². The SMILES string of the molecule is CC1=C(CC(C)C)C2=N/C1=C(/c1ccccc1)c1ccc([nH]1)C(C)(C)c1ccc([nH]1)/C(c1ccccc1)=C1/N=C(C3=N/C(=C(/c4ccccc4)c4ccc([nH]4)C(C)(C)c4ccc([nH]4)/C(c4ccccc4)=C4/N=C2C(CC(C)C)=C4C)C(C)=C3CC(C)C)C(CC(C)C)=C1C. The van der Waals surface area contributed by atoms with Crippen LogP contribution in [0.3, 0.4) is 0 Å². The summed E-state index contributed by atoms with van der Waals surface area (Å²) in [6.07, 6.45) is 3.43. The number of benzene rings is 4. The van der Waals surface area contributed by atoms with Crippen LogP contribution in [-0.4, -0.2) is 42.8 Å². The monoisotopic (exact) mass is 1240 g/mol. The first-order valence-corrected chi connectivity index (χ1v) is 34.2. The van der Waals surface area contributed by atoms with E-state index in [4.69, 9.17) is 20.0 Å². The second-order valence-corrected chi connectivity index (χ2v) is 29.4. The maximum Gasteiger partial charge on any atom is 0.0932 e. The summed E-state index contributed by atoms with van der Waals surface area (Å²) in [7, 11) is 0. The van der Waals surface area contributed by atoms with E-state index in [-0.39, 0.29) is 0 Å². The molecule has 0 saturated carbocycles. The van der Waals surface area contributed by atoms with Gasteiger partial charge in [0.05, 0.1) is 45.6 Å². The van der Waals surface area contributed by atoms with Gasteiger partial charge in [0.2, 0.25) is 0 Å². The molecule has 13 rings (SSSR count). The van der Waals surface area contributed by atoms with Crippen molar-refractivity contribution in [3.63, 3.8) is 0 Å². The van der Waals surface area contributed by atoms with E-state index in [9.17, 15) is 0 Å². The molecular weight excluding hydrogens is 1150 g/mol. The third-order valence-electron chi connectivity index (χ3n) is 19.9. The van der Waals surface area contributed by atoms with Crippen molar-refractivity contribution in [2.75, 3.05) is 0 Å². The highest BCUT2D eigenvalue weighted by molar-refractivity contribution is 6.56. The van der Waals surface area contributed by atoms with Crippen LogP contribution in [0.4, 0.5) is 0 Å². The number of allylic oxidation sites excluding steroid dienone is 8. The Morgan fingerprint density at radius 3 is 0.649 bits per heavy atom. The Morgan fingerprint density at radius 1 is 0.277 bits per heavy atom. The fourth-order valence-corrected chi connectivity index (χ4v) is 14.7. The zero-order chi connectivity index (χ0) is 66.1. The maximum absolute atomic E-state index is 5.93. The largest absolute Gasteiger partial charge is 0.358 e. The highest BCUT2D eigenvalue weighted by atomic mass is 14.9. The fraction of sp³-hybridized carbons (Fsp3) is 0.302. The number of hydrogen-bond donors (Lipinski definition) is 4. The normalized spacial score (nSPS) is 20.6. The van der Waals surface area contributed by atoms with Gasteiger partial charge in [0.25, 0.3) is 0 Å². The highest BCUT2D eigenvalue weighted by Crippen LogP contribution is 2.48. The number of nitrogens with one attached hydrogen (secondary N) is 4. The van der Waals surface area contributed by atoms with Crippen molar-refractivity contribution in [2.24, 2.45) is 43.6 Å². The zero-order valence-electron chi connectivity index (χ0n) is 58.1. The van der Waals surface area contributed by atoms with Crippen LogP contribution < -0.4 is 0 Å². The molecule has 0 spiro atoms. The molecule has 0 saturated heterocycles. The summed E-state index contributed by atoms with van der Waals surface area (Å²) < 4.78 is 0. The van der Waals surface area contributed by atoms with E-state index in [0.29, 0.717) is 23.7 Å². The molecule has 4 N–H and O–H groups in total. The lowest BCUT2D eigenvalue weighted by Crippen LogP contribution is -2.20. The maximum atomic E-state index is 5.93. The van der Waals surface area contributed by atoms with Gasteiger partial charge >= 0.3 is 0 Å². The predicted molar refractivity (Wildman–Crippen MR) is 396 cm³/mol. The molecule has 0 amide bonds. The molecule has 5 aliphatic rings. The first kappa shape index (κ1) is 63.4. The van der Waals surface area contributed by atoms with Crippen LogP contribution in [-0.2, 0) is 10.8 Å². The molecule has 0 radical (unpaired) electrons. The molecule has 476 valence electrons. The number of nitrogens with zero attached hydrogens (tertiary/aromatic N) is 4. The Morgan fingerprint density at radius 2 is 0.468 bits per heavy atom. The van der Waals surface area contributed by atoms with E-state index in [1.54, 1.807) is 0 Å². The predicted octanol–water partition coefficient (Wildman–Crippen LogP) is 21.7. The number of aliphatic imine (C=N–C) groups is 4. The van der Waals surface area contributed by atoms with E-state index >= 15 is 0 Å². The average molecular weight is 1240 g/mol. The molecule has 0 aliphatic carbocycles. The molecule has 0 fully saturated rings. The van der Waals surface area contributed by atoms with Gasteiger partial charge in [0, 0.05) is 78.7 Å². The van der Waals surface area contributed by atoms with Crippen LogP contribution in [0, 0.1) is 23.7 Å². The van der Waals surface area contributed by atoms with Crippen LogP contribution in [0.15, 0.2) is 257 Å². The van der Waals surface area contributed by atoms with Gasteiger partial charge in [-0.2, -0.15) is 0 Å². The number of hydrogen-bond acceptors (Lipinski definition) is 4. The van der Waals surface area contributed by atoms with Crippen molar-refractivity contribution in [1.82, 2.24) is 19.9 Å². The van der Waals surface area contributed by atoms with Gasteiger partial charge < -0.3 is 19.9 Å². The molecule has 9 heterocycles. The Hall–Kier alpha value is -9.40. The van der Waals surface area contributed by atoms with Crippen molar-refractivity contribution in [3.05, 3.63) is 305 Å². The Kier molecular flexibility index (Phi) is 17.0. The lowest BCUT2D eigenvalue weighted by Gasteiger charge is -2.23. The summed E-state index contributed by atoms with van der Waals surface area (Å²) in [5, 5.41) is 0. The molecule has 4 aromatic carbocycles. The van der Waals surface area contributed by atoms with Crippen LogP contribution in [0.2, 0.25) is 0 Å². The third kappa shape index (κ3) is 11.5. The number of H-pyrrole nitrogens is 4. The van der Waals surface area contributed by atoms with Gasteiger partial charge in [0.15, 0.2) is 0 Å². The summed E-state index contributed by atoms with van der Waals surface area (Å²) >= 11 is 0. The van der Waals surface area contributed by atoms with E-state index in [2.05, 4.69) is 301 Å². The van der Waals surface area contributed by atoms with Crippen molar-refractivity contribution >= 4 is 45.1 Å².